The fourth-order valence-electron chi connectivity index (χ4n) is 1.47. The fourth-order valence-corrected chi connectivity index (χ4v) is 1.47. The van der Waals surface area contributed by atoms with Gasteiger partial charge in [-0.3, -0.25) is 0 Å². The molecule has 0 amide bonds. The fraction of sp³-hybridized carbons (Fsp3) is 1.00. The Hall–Kier alpha value is -0.220. The molecule has 4 heteroatoms. The maximum atomic E-state index is 11.8. The molecular formula is C6H12F2N2. The molecule has 1 saturated heterocycles. The van der Waals surface area contributed by atoms with Crippen molar-refractivity contribution in [1.29, 1.82) is 0 Å². The summed E-state index contributed by atoms with van der Waals surface area (Å²) in [5.74, 6) is 0. The minimum Gasteiger partial charge on any atom is -0.323 e. The molecule has 1 rings (SSSR count). The minimum absolute atomic E-state index is 0.169. The van der Waals surface area contributed by atoms with Gasteiger partial charge in [-0.05, 0) is 7.05 Å². The molecular weight excluding hydrogens is 138 g/mol. The van der Waals surface area contributed by atoms with Gasteiger partial charge in [-0.1, -0.05) is 0 Å². The highest BCUT2D eigenvalue weighted by molar-refractivity contribution is 4.98. The molecule has 1 heterocycles. The maximum absolute atomic E-state index is 11.8. The van der Waals surface area contributed by atoms with E-state index in [0.717, 1.165) is 0 Å². The van der Waals surface area contributed by atoms with E-state index in [1.54, 1.807) is 0 Å². The molecule has 0 aromatic rings. The Bertz CT molecular complexity index is 121. The van der Waals surface area contributed by atoms with Gasteiger partial charge in [0, 0.05) is 25.0 Å². The van der Waals surface area contributed by atoms with E-state index in [9.17, 15) is 8.78 Å². The minimum atomic E-state index is -2.27. The first-order valence-electron chi connectivity index (χ1n) is 3.27. The lowest BCUT2D eigenvalue weighted by atomic mass is 9.88. The van der Waals surface area contributed by atoms with Crippen molar-refractivity contribution in [2.24, 2.45) is 5.73 Å². The van der Waals surface area contributed by atoms with Crippen LogP contribution in [0.3, 0.4) is 0 Å². The summed E-state index contributed by atoms with van der Waals surface area (Å²) in [4.78, 5) is 1.93. The van der Waals surface area contributed by atoms with E-state index in [-0.39, 0.29) is 6.42 Å². The lowest BCUT2D eigenvalue weighted by Crippen LogP contribution is -2.66. The summed E-state index contributed by atoms with van der Waals surface area (Å²) in [6, 6.07) is 0. The molecule has 1 fully saturated rings. The molecule has 1 aliphatic heterocycles. The van der Waals surface area contributed by atoms with Crippen molar-refractivity contribution in [2.75, 3.05) is 20.1 Å². The number of hydrogen-bond donors (Lipinski definition) is 1. The van der Waals surface area contributed by atoms with Crippen LogP contribution in [0.4, 0.5) is 8.78 Å². The molecule has 0 saturated carbocycles. The first-order chi connectivity index (χ1) is 4.52. The van der Waals surface area contributed by atoms with Crippen molar-refractivity contribution >= 4 is 0 Å². The van der Waals surface area contributed by atoms with E-state index in [0.29, 0.717) is 13.1 Å². The molecule has 0 spiro atoms. The predicted molar refractivity (Wildman–Crippen MR) is 35.0 cm³/mol. The van der Waals surface area contributed by atoms with Gasteiger partial charge in [0.05, 0.1) is 0 Å². The van der Waals surface area contributed by atoms with Crippen LogP contribution in [-0.4, -0.2) is 37.0 Å². The maximum Gasteiger partial charge on any atom is 0.240 e. The number of halogens is 2. The highest BCUT2D eigenvalue weighted by atomic mass is 19.3. The third kappa shape index (κ3) is 1.64. The van der Waals surface area contributed by atoms with Crippen molar-refractivity contribution in [1.82, 2.24) is 4.90 Å². The molecule has 0 aromatic carbocycles. The Morgan fingerprint density at radius 3 is 2.40 bits per heavy atom. The smallest absolute Gasteiger partial charge is 0.240 e. The van der Waals surface area contributed by atoms with Gasteiger partial charge in [-0.25, -0.2) is 8.78 Å². The van der Waals surface area contributed by atoms with Crippen LogP contribution in [-0.2, 0) is 0 Å². The van der Waals surface area contributed by atoms with Gasteiger partial charge in [0.1, 0.15) is 0 Å². The summed E-state index contributed by atoms with van der Waals surface area (Å²) < 4.78 is 23.6. The Labute approximate surface area is 59.0 Å². The molecule has 10 heavy (non-hydrogen) atoms. The topological polar surface area (TPSA) is 29.3 Å². The third-order valence-corrected chi connectivity index (χ3v) is 1.73. The molecule has 2 N–H and O–H groups in total. The number of rotatable bonds is 2. The van der Waals surface area contributed by atoms with E-state index >= 15 is 0 Å². The molecule has 1 aliphatic rings. The standard InChI is InChI=1S/C6H12F2N2/c1-10-3-6(9,4-10)2-5(7)8/h5H,2-4,9H2,1H3. The van der Waals surface area contributed by atoms with Gasteiger partial charge in [0.25, 0.3) is 0 Å². The Morgan fingerprint density at radius 1 is 1.60 bits per heavy atom. The van der Waals surface area contributed by atoms with Crippen LogP contribution in [0.2, 0.25) is 0 Å². The predicted octanol–water partition coefficient (Wildman–Crippen LogP) is 0.285. The zero-order valence-corrected chi connectivity index (χ0v) is 5.98. The number of likely N-dealkylation sites (N-methyl/N-ethyl adjacent to an activating group) is 1. The van der Waals surface area contributed by atoms with Gasteiger partial charge in [-0.15, -0.1) is 0 Å². The van der Waals surface area contributed by atoms with E-state index in [1.165, 1.54) is 0 Å². The van der Waals surface area contributed by atoms with Crippen molar-refractivity contribution in [2.45, 2.75) is 18.4 Å². The Kier molecular flexibility index (Phi) is 1.92. The third-order valence-electron chi connectivity index (χ3n) is 1.73. The van der Waals surface area contributed by atoms with Crippen LogP contribution >= 0.6 is 0 Å². The van der Waals surface area contributed by atoms with Crippen LogP contribution in [0, 0.1) is 0 Å². The number of nitrogens with zero attached hydrogens (tertiary/aromatic N) is 1. The second-order valence-electron chi connectivity index (χ2n) is 3.13. The van der Waals surface area contributed by atoms with Crippen molar-refractivity contribution in [3.8, 4) is 0 Å². The van der Waals surface area contributed by atoms with E-state index in [2.05, 4.69) is 0 Å². The van der Waals surface area contributed by atoms with Crippen LogP contribution in [0.5, 0.6) is 0 Å². The Morgan fingerprint density at radius 2 is 2.10 bits per heavy atom. The van der Waals surface area contributed by atoms with E-state index in [1.807, 2.05) is 11.9 Å². The first-order valence-corrected chi connectivity index (χ1v) is 3.27. The van der Waals surface area contributed by atoms with Gasteiger partial charge < -0.3 is 10.6 Å². The quantitative estimate of drug-likeness (QED) is 0.612. The SMILES string of the molecule is CN1CC(N)(CC(F)F)C1. The van der Waals surface area contributed by atoms with Crippen LogP contribution in [0.15, 0.2) is 0 Å². The molecule has 2 nitrogen and oxygen atoms in total. The first kappa shape index (κ1) is 7.88. The van der Waals surface area contributed by atoms with Gasteiger partial charge >= 0.3 is 0 Å². The summed E-state index contributed by atoms with van der Waals surface area (Å²) in [5, 5.41) is 0. The van der Waals surface area contributed by atoms with E-state index in [4.69, 9.17) is 5.73 Å². The molecule has 0 aromatic heterocycles. The van der Waals surface area contributed by atoms with Gasteiger partial charge in [0.15, 0.2) is 0 Å². The molecule has 60 valence electrons. The summed E-state index contributed by atoms with van der Waals surface area (Å²) >= 11 is 0. The van der Waals surface area contributed by atoms with Gasteiger partial charge in [0.2, 0.25) is 6.43 Å². The van der Waals surface area contributed by atoms with Crippen LogP contribution < -0.4 is 5.73 Å². The number of hydrogen-bond acceptors (Lipinski definition) is 2. The number of nitrogens with two attached hydrogens (primary N) is 1. The van der Waals surface area contributed by atoms with Crippen molar-refractivity contribution in [3.63, 3.8) is 0 Å². The second-order valence-corrected chi connectivity index (χ2v) is 3.13. The van der Waals surface area contributed by atoms with Crippen molar-refractivity contribution in [3.05, 3.63) is 0 Å². The number of likely N-dealkylation sites (tertiary alicyclic amines) is 1. The second kappa shape index (κ2) is 2.43. The molecule has 0 aliphatic carbocycles. The molecule has 0 atom stereocenters. The summed E-state index contributed by atoms with van der Waals surface area (Å²) in [5.41, 5.74) is 4.96. The van der Waals surface area contributed by atoms with E-state index < -0.39 is 12.0 Å². The van der Waals surface area contributed by atoms with Crippen LogP contribution in [0.1, 0.15) is 6.42 Å². The summed E-state index contributed by atoms with van der Waals surface area (Å²) in [6.45, 7) is 1.19. The lowest BCUT2D eigenvalue weighted by molar-refractivity contribution is 0.0287. The number of alkyl halides is 2. The largest absolute Gasteiger partial charge is 0.323 e. The lowest BCUT2D eigenvalue weighted by Gasteiger charge is -2.45. The highest BCUT2D eigenvalue weighted by Crippen LogP contribution is 2.22. The van der Waals surface area contributed by atoms with Gasteiger partial charge in [-0.2, -0.15) is 0 Å². The molecule has 0 bridgehead atoms. The Balaban J connectivity index is 2.27. The summed E-state index contributed by atoms with van der Waals surface area (Å²) in [7, 11) is 1.87. The monoisotopic (exact) mass is 150 g/mol. The normalized spacial score (nSPS) is 24.9. The van der Waals surface area contributed by atoms with Crippen LogP contribution in [0.25, 0.3) is 0 Å². The molecule has 0 radical (unpaired) electrons. The molecule has 0 unspecified atom stereocenters. The highest BCUT2D eigenvalue weighted by Gasteiger charge is 2.39. The van der Waals surface area contributed by atoms with Crippen molar-refractivity contribution < 1.29 is 8.78 Å². The zero-order valence-electron chi connectivity index (χ0n) is 5.98. The average Bonchev–Trinajstić information content (AvgIpc) is 1.57. The zero-order chi connectivity index (χ0) is 7.78. The average molecular weight is 150 g/mol. The summed E-state index contributed by atoms with van der Waals surface area (Å²) in [6.07, 6.45) is -2.43.